The van der Waals surface area contributed by atoms with Gasteiger partial charge in [-0.05, 0) is 24.4 Å². The number of hydrogen-bond donors (Lipinski definition) is 0. The molecule has 2 unspecified atom stereocenters. The van der Waals surface area contributed by atoms with Crippen LogP contribution in [-0.2, 0) is 4.74 Å². The smallest absolute Gasteiger partial charge is 0.361 e. The predicted octanol–water partition coefficient (Wildman–Crippen LogP) is 4.05. The van der Waals surface area contributed by atoms with Gasteiger partial charge < -0.3 is 9.64 Å². The molecule has 1 aliphatic heterocycles. The summed E-state index contributed by atoms with van der Waals surface area (Å²) in [5.74, 6) is 0. The van der Waals surface area contributed by atoms with E-state index in [1.165, 1.54) is 11.3 Å². The standard InChI is InChI=1S/C13H12ClF3N2OS/c1-2-20-8-19-10(13(15,16)17)6-12(14,7-18)11(19)9-4-3-5-21-9/h3-6,11H,2,8H2,1H3. The zero-order valence-electron chi connectivity index (χ0n) is 11.0. The molecule has 1 aliphatic rings. The first-order valence-corrected chi connectivity index (χ1v) is 7.37. The van der Waals surface area contributed by atoms with E-state index in [0.717, 1.165) is 11.0 Å². The summed E-state index contributed by atoms with van der Waals surface area (Å²) in [5.41, 5.74) is -0.939. The number of alkyl halides is 4. The first kappa shape index (κ1) is 16.1. The van der Waals surface area contributed by atoms with Gasteiger partial charge in [-0.25, -0.2) is 0 Å². The Morgan fingerprint density at radius 3 is 2.76 bits per heavy atom. The maximum atomic E-state index is 13.2. The normalized spacial score (nSPS) is 25.8. The largest absolute Gasteiger partial charge is 0.430 e. The third-order valence-corrected chi connectivity index (χ3v) is 4.40. The van der Waals surface area contributed by atoms with Crippen LogP contribution in [0.25, 0.3) is 0 Å². The Morgan fingerprint density at radius 2 is 2.29 bits per heavy atom. The molecule has 0 saturated carbocycles. The molecule has 0 spiro atoms. The zero-order chi connectivity index (χ0) is 15.7. The molecule has 21 heavy (non-hydrogen) atoms. The minimum atomic E-state index is -4.60. The average molecular weight is 337 g/mol. The lowest BCUT2D eigenvalue weighted by Gasteiger charge is -2.32. The number of allylic oxidation sites excluding steroid dienone is 1. The lowest BCUT2D eigenvalue weighted by atomic mass is 10.0. The first-order chi connectivity index (χ1) is 9.83. The van der Waals surface area contributed by atoms with Gasteiger partial charge in [0.1, 0.15) is 18.5 Å². The van der Waals surface area contributed by atoms with E-state index in [9.17, 15) is 18.4 Å². The van der Waals surface area contributed by atoms with Crippen LogP contribution < -0.4 is 0 Å². The van der Waals surface area contributed by atoms with Crippen molar-refractivity contribution in [2.45, 2.75) is 24.0 Å². The third-order valence-electron chi connectivity index (χ3n) is 3.07. The van der Waals surface area contributed by atoms with Gasteiger partial charge >= 0.3 is 6.18 Å². The van der Waals surface area contributed by atoms with Gasteiger partial charge in [0, 0.05) is 11.5 Å². The van der Waals surface area contributed by atoms with Crippen LogP contribution in [0.3, 0.4) is 0 Å². The summed E-state index contributed by atoms with van der Waals surface area (Å²) in [4.78, 5) is -0.181. The summed E-state index contributed by atoms with van der Waals surface area (Å²) < 4.78 is 44.7. The molecule has 2 atom stereocenters. The van der Waals surface area contributed by atoms with E-state index in [0.29, 0.717) is 4.88 Å². The van der Waals surface area contributed by atoms with Crippen molar-refractivity contribution in [2.75, 3.05) is 13.3 Å². The first-order valence-electron chi connectivity index (χ1n) is 6.11. The monoisotopic (exact) mass is 336 g/mol. The lowest BCUT2D eigenvalue weighted by molar-refractivity contribution is -0.122. The Bertz CT molecular complexity index is 567. The number of hydrogen-bond acceptors (Lipinski definition) is 4. The van der Waals surface area contributed by atoms with E-state index < -0.39 is 22.8 Å². The fourth-order valence-electron chi connectivity index (χ4n) is 2.21. The van der Waals surface area contributed by atoms with Crippen LogP contribution in [-0.4, -0.2) is 29.3 Å². The van der Waals surface area contributed by atoms with Gasteiger partial charge in [-0.2, -0.15) is 18.4 Å². The van der Waals surface area contributed by atoms with Crippen molar-refractivity contribution >= 4 is 22.9 Å². The van der Waals surface area contributed by atoms with E-state index in [2.05, 4.69) is 0 Å². The van der Waals surface area contributed by atoms with Gasteiger partial charge in [0.15, 0.2) is 4.87 Å². The average Bonchev–Trinajstić information content (AvgIpc) is 3.01. The van der Waals surface area contributed by atoms with Crippen molar-refractivity contribution < 1.29 is 17.9 Å². The highest BCUT2D eigenvalue weighted by Crippen LogP contribution is 2.50. The molecular weight excluding hydrogens is 325 g/mol. The van der Waals surface area contributed by atoms with Crippen LogP contribution in [0.4, 0.5) is 13.2 Å². The number of ether oxygens (including phenoxy) is 1. The van der Waals surface area contributed by atoms with Crippen molar-refractivity contribution in [1.82, 2.24) is 4.90 Å². The van der Waals surface area contributed by atoms with Crippen molar-refractivity contribution in [3.63, 3.8) is 0 Å². The summed E-state index contributed by atoms with van der Waals surface area (Å²) >= 11 is 7.41. The summed E-state index contributed by atoms with van der Waals surface area (Å²) in [7, 11) is 0. The molecule has 0 amide bonds. The summed E-state index contributed by atoms with van der Waals surface area (Å²) in [6.07, 6.45) is -3.82. The molecule has 2 heterocycles. The van der Waals surface area contributed by atoms with Gasteiger partial charge in [0.25, 0.3) is 0 Å². The minimum Gasteiger partial charge on any atom is -0.361 e. The molecule has 2 rings (SSSR count). The van der Waals surface area contributed by atoms with E-state index in [1.807, 2.05) is 0 Å². The second kappa shape index (κ2) is 5.87. The van der Waals surface area contributed by atoms with Crippen molar-refractivity contribution in [3.8, 4) is 6.07 Å². The number of halogens is 4. The quantitative estimate of drug-likeness (QED) is 0.778. The SMILES string of the molecule is CCOCN1C(C(F)(F)F)=CC(Cl)(C#N)C1c1cccs1. The zero-order valence-corrected chi connectivity index (χ0v) is 12.6. The highest BCUT2D eigenvalue weighted by atomic mass is 35.5. The summed E-state index contributed by atoms with van der Waals surface area (Å²) in [5, 5.41) is 11.0. The Kier molecular flexibility index (Phi) is 4.51. The Morgan fingerprint density at radius 1 is 1.57 bits per heavy atom. The summed E-state index contributed by atoms with van der Waals surface area (Å²) in [6.45, 7) is 1.67. The van der Waals surface area contributed by atoms with Crippen molar-refractivity contribution in [3.05, 3.63) is 34.2 Å². The molecule has 0 radical (unpaired) electrons. The van der Waals surface area contributed by atoms with Crippen molar-refractivity contribution in [1.29, 1.82) is 5.26 Å². The number of nitrogens with zero attached hydrogens (tertiary/aromatic N) is 2. The fraction of sp³-hybridized carbons (Fsp3) is 0.462. The third kappa shape index (κ3) is 3.03. The molecule has 0 N–H and O–H groups in total. The summed E-state index contributed by atoms with van der Waals surface area (Å²) in [6, 6.07) is 4.23. The van der Waals surface area contributed by atoms with E-state index >= 15 is 0 Å². The molecular formula is C13H12ClF3N2OS. The lowest BCUT2D eigenvalue weighted by Crippen LogP contribution is -2.37. The molecule has 1 aromatic rings. The Hall–Kier alpha value is -1.23. The molecule has 0 aromatic carbocycles. The number of thiophene rings is 1. The molecule has 8 heteroatoms. The molecule has 0 fully saturated rings. The Labute approximate surface area is 129 Å². The highest BCUT2D eigenvalue weighted by molar-refractivity contribution is 7.10. The Balaban J connectivity index is 2.48. The molecule has 0 aliphatic carbocycles. The minimum absolute atomic E-state index is 0.265. The fourth-order valence-corrected chi connectivity index (χ4v) is 3.52. The van der Waals surface area contributed by atoms with Crippen LogP contribution in [0.15, 0.2) is 29.3 Å². The van der Waals surface area contributed by atoms with Crippen LogP contribution in [0, 0.1) is 11.3 Å². The number of rotatable bonds is 4. The van der Waals surface area contributed by atoms with Gasteiger partial charge in [-0.1, -0.05) is 17.7 Å². The van der Waals surface area contributed by atoms with Crippen molar-refractivity contribution in [2.24, 2.45) is 0 Å². The molecule has 3 nitrogen and oxygen atoms in total. The second-order valence-corrected chi connectivity index (χ2v) is 6.02. The maximum Gasteiger partial charge on any atom is 0.430 e. The maximum absolute atomic E-state index is 13.2. The van der Waals surface area contributed by atoms with Crippen LogP contribution in [0.2, 0.25) is 0 Å². The highest BCUT2D eigenvalue weighted by Gasteiger charge is 2.54. The van der Waals surface area contributed by atoms with Gasteiger partial charge in [0.2, 0.25) is 0 Å². The molecule has 1 aromatic heterocycles. The molecule has 0 saturated heterocycles. The van der Waals surface area contributed by atoms with Crippen LogP contribution >= 0.6 is 22.9 Å². The second-order valence-electron chi connectivity index (χ2n) is 4.42. The van der Waals surface area contributed by atoms with E-state index in [4.69, 9.17) is 16.3 Å². The van der Waals surface area contributed by atoms with Gasteiger partial charge in [-0.3, -0.25) is 0 Å². The number of nitriles is 1. The molecule has 0 bridgehead atoms. The topological polar surface area (TPSA) is 36.3 Å². The van der Waals surface area contributed by atoms with E-state index in [-0.39, 0.29) is 13.3 Å². The van der Waals surface area contributed by atoms with Gasteiger partial charge in [0.05, 0.1) is 6.07 Å². The van der Waals surface area contributed by atoms with Crippen LogP contribution in [0.5, 0.6) is 0 Å². The molecule has 114 valence electrons. The predicted molar refractivity (Wildman–Crippen MR) is 73.7 cm³/mol. The van der Waals surface area contributed by atoms with Crippen LogP contribution in [0.1, 0.15) is 17.8 Å². The van der Waals surface area contributed by atoms with Gasteiger partial charge in [-0.15, -0.1) is 11.3 Å². The van der Waals surface area contributed by atoms with E-state index in [1.54, 1.807) is 30.5 Å².